The van der Waals surface area contributed by atoms with E-state index in [-0.39, 0.29) is 34.5 Å². The average Bonchev–Trinajstić information content (AvgIpc) is 3.09. The van der Waals surface area contributed by atoms with Gasteiger partial charge >= 0.3 is 0 Å². The van der Waals surface area contributed by atoms with Gasteiger partial charge in [0.15, 0.2) is 11.6 Å². The summed E-state index contributed by atoms with van der Waals surface area (Å²) < 4.78 is 13.3. The fraction of sp³-hybridized carbons (Fsp3) is 0.158. The van der Waals surface area contributed by atoms with Gasteiger partial charge in [-0.3, -0.25) is 9.89 Å². The second-order valence-electron chi connectivity index (χ2n) is 6.49. The molecule has 2 aromatic carbocycles. The minimum atomic E-state index is -0.797. The predicted molar refractivity (Wildman–Crippen MR) is 98.9 cm³/mol. The summed E-state index contributed by atoms with van der Waals surface area (Å²) in [5.41, 5.74) is 2.46. The molecule has 0 spiro atoms. The second kappa shape index (κ2) is 6.72. The predicted octanol–water partition coefficient (Wildman–Crippen LogP) is 3.18. The van der Waals surface area contributed by atoms with Gasteiger partial charge in [0, 0.05) is 48.0 Å². The third-order valence-corrected chi connectivity index (χ3v) is 5.04. The van der Waals surface area contributed by atoms with Gasteiger partial charge in [0.25, 0.3) is 5.91 Å². The minimum absolute atomic E-state index is 0.0649. The van der Waals surface area contributed by atoms with Crippen molar-refractivity contribution in [2.45, 2.75) is 13.0 Å². The summed E-state index contributed by atoms with van der Waals surface area (Å²) in [5.74, 6) is -2.19. The van der Waals surface area contributed by atoms with Crippen molar-refractivity contribution in [3.63, 3.8) is 0 Å². The average molecular weight is 404 g/mol. The van der Waals surface area contributed by atoms with E-state index >= 15 is 0 Å². The van der Waals surface area contributed by atoms with Gasteiger partial charge in [-0.2, -0.15) is 5.10 Å². The van der Waals surface area contributed by atoms with Crippen molar-refractivity contribution in [2.75, 3.05) is 6.54 Å². The lowest BCUT2D eigenvalue weighted by atomic mass is 9.99. The Kier molecular flexibility index (Phi) is 4.35. The van der Waals surface area contributed by atoms with Gasteiger partial charge in [-0.05, 0) is 24.3 Å². The molecule has 4 N–H and O–H groups in total. The number of nitrogens with zero attached hydrogens (tertiary/aromatic N) is 2. The number of amides is 1. The number of aromatic nitrogens is 2. The van der Waals surface area contributed by atoms with Crippen molar-refractivity contribution in [3.05, 3.63) is 58.0 Å². The van der Waals surface area contributed by atoms with Crippen molar-refractivity contribution in [1.82, 2.24) is 15.1 Å². The summed E-state index contributed by atoms with van der Waals surface area (Å²) in [6.07, 6.45) is 0.508. The largest absolute Gasteiger partial charge is 0.507 e. The maximum Gasteiger partial charge on any atom is 0.254 e. The Morgan fingerprint density at radius 1 is 1.14 bits per heavy atom. The van der Waals surface area contributed by atoms with Crippen LogP contribution < -0.4 is 0 Å². The third kappa shape index (κ3) is 3.01. The van der Waals surface area contributed by atoms with E-state index in [9.17, 15) is 24.5 Å². The van der Waals surface area contributed by atoms with Crippen LogP contribution in [0.5, 0.6) is 17.2 Å². The first kappa shape index (κ1) is 18.1. The van der Waals surface area contributed by atoms with Crippen molar-refractivity contribution >= 4 is 17.5 Å². The Bertz CT molecular complexity index is 1100. The summed E-state index contributed by atoms with van der Waals surface area (Å²) >= 11 is 5.95. The van der Waals surface area contributed by atoms with Crippen LogP contribution in [0.3, 0.4) is 0 Å². The number of carbonyl (C=O) groups is 1. The Labute approximate surface area is 163 Å². The van der Waals surface area contributed by atoms with Gasteiger partial charge < -0.3 is 20.2 Å². The molecule has 0 saturated heterocycles. The minimum Gasteiger partial charge on any atom is -0.507 e. The Hall–Kier alpha value is -3.26. The van der Waals surface area contributed by atoms with Crippen LogP contribution >= 0.6 is 11.6 Å². The molecule has 0 fully saturated rings. The number of aromatic amines is 1. The van der Waals surface area contributed by atoms with Crippen molar-refractivity contribution in [1.29, 1.82) is 0 Å². The fourth-order valence-corrected chi connectivity index (χ4v) is 3.42. The molecular weight excluding hydrogens is 389 g/mol. The molecule has 0 radical (unpaired) electrons. The first-order valence-electron chi connectivity index (χ1n) is 8.41. The number of phenolic OH excluding ortho intramolecular Hbond substituents is 3. The number of fused-ring (bicyclic) bond motifs is 1. The zero-order chi connectivity index (χ0) is 20.0. The molecule has 0 atom stereocenters. The molecule has 3 aromatic rings. The number of aromatic hydroxyl groups is 3. The Morgan fingerprint density at radius 2 is 1.93 bits per heavy atom. The summed E-state index contributed by atoms with van der Waals surface area (Å²) in [7, 11) is 0. The number of hydrogen-bond donors (Lipinski definition) is 4. The maximum absolute atomic E-state index is 13.3. The quantitative estimate of drug-likeness (QED) is 0.525. The highest BCUT2D eigenvalue weighted by atomic mass is 35.5. The molecule has 0 bridgehead atoms. The molecule has 0 unspecified atom stereocenters. The van der Waals surface area contributed by atoms with Gasteiger partial charge in [-0.25, -0.2) is 4.39 Å². The molecule has 9 heteroatoms. The molecule has 28 heavy (non-hydrogen) atoms. The maximum atomic E-state index is 13.3. The summed E-state index contributed by atoms with van der Waals surface area (Å²) in [6, 6.07) is 5.98. The highest BCUT2D eigenvalue weighted by Gasteiger charge is 2.28. The molecule has 1 aromatic heterocycles. The van der Waals surface area contributed by atoms with Crippen LogP contribution in [0.15, 0.2) is 30.3 Å². The van der Waals surface area contributed by atoms with Crippen LogP contribution in [-0.2, 0) is 13.0 Å². The normalized spacial score (nSPS) is 13.4. The Morgan fingerprint density at radius 3 is 2.68 bits per heavy atom. The molecule has 2 heterocycles. The second-order valence-corrected chi connectivity index (χ2v) is 6.90. The van der Waals surface area contributed by atoms with Crippen LogP contribution in [-0.4, -0.2) is 42.9 Å². The zero-order valence-electron chi connectivity index (χ0n) is 14.4. The van der Waals surface area contributed by atoms with Crippen molar-refractivity contribution in [3.8, 4) is 28.5 Å². The summed E-state index contributed by atoms with van der Waals surface area (Å²) in [6.45, 7) is 0.615. The first-order valence-corrected chi connectivity index (χ1v) is 8.78. The van der Waals surface area contributed by atoms with Crippen molar-refractivity contribution in [2.24, 2.45) is 0 Å². The highest BCUT2D eigenvalue weighted by Crippen LogP contribution is 2.39. The molecule has 1 aliphatic rings. The molecule has 4 rings (SSSR count). The van der Waals surface area contributed by atoms with Gasteiger partial charge in [-0.15, -0.1) is 0 Å². The van der Waals surface area contributed by atoms with E-state index in [1.165, 1.54) is 12.1 Å². The fourth-order valence-electron chi connectivity index (χ4n) is 3.26. The molecule has 0 saturated carbocycles. The number of benzene rings is 2. The van der Waals surface area contributed by atoms with Crippen LogP contribution in [0.4, 0.5) is 4.39 Å². The van der Waals surface area contributed by atoms with E-state index in [4.69, 9.17) is 11.6 Å². The monoisotopic (exact) mass is 403 g/mol. The molecule has 144 valence electrons. The SMILES string of the molecule is O=C(c1ccc(F)c(O)c1)N1CCc2[nH]nc(-c3cc(Cl)c(O)cc3O)c2C1. The lowest BCUT2D eigenvalue weighted by Crippen LogP contribution is -2.35. The zero-order valence-corrected chi connectivity index (χ0v) is 15.2. The van der Waals surface area contributed by atoms with Crippen LogP contribution in [0.25, 0.3) is 11.3 Å². The smallest absolute Gasteiger partial charge is 0.254 e. The lowest BCUT2D eigenvalue weighted by molar-refractivity contribution is 0.0734. The number of H-pyrrole nitrogens is 1. The first-order chi connectivity index (χ1) is 13.3. The van der Waals surface area contributed by atoms with E-state index in [1.54, 1.807) is 4.90 Å². The third-order valence-electron chi connectivity index (χ3n) is 4.73. The van der Waals surface area contributed by atoms with E-state index < -0.39 is 11.6 Å². The van der Waals surface area contributed by atoms with Crippen molar-refractivity contribution < 1.29 is 24.5 Å². The van der Waals surface area contributed by atoms with E-state index in [0.29, 0.717) is 29.8 Å². The molecule has 7 nitrogen and oxygen atoms in total. The number of halogens is 2. The molecule has 1 amide bonds. The number of rotatable bonds is 2. The van der Waals surface area contributed by atoms with Gasteiger partial charge in [0.1, 0.15) is 17.2 Å². The van der Waals surface area contributed by atoms with Crippen LogP contribution in [0.1, 0.15) is 21.6 Å². The number of carbonyl (C=O) groups excluding carboxylic acids is 1. The topological polar surface area (TPSA) is 110 Å². The number of hydrogen-bond acceptors (Lipinski definition) is 5. The van der Waals surface area contributed by atoms with Crippen LogP contribution in [0.2, 0.25) is 5.02 Å². The van der Waals surface area contributed by atoms with Gasteiger partial charge in [-0.1, -0.05) is 11.6 Å². The Balaban J connectivity index is 1.67. The molecular formula is C19H15ClFN3O4. The van der Waals surface area contributed by atoms with Gasteiger partial charge in [0.05, 0.1) is 5.02 Å². The summed E-state index contributed by atoms with van der Waals surface area (Å²) in [4.78, 5) is 14.3. The highest BCUT2D eigenvalue weighted by molar-refractivity contribution is 6.32. The van der Waals surface area contributed by atoms with E-state index in [1.807, 2.05) is 0 Å². The van der Waals surface area contributed by atoms with E-state index in [0.717, 1.165) is 23.9 Å². The van der Waals surface area contributed by atoms with E-state index in [2.05, 4.69) is 10.2 Å². The molecule has 1 aliphatic heterocycles. The number of phenols is 3. The standard InChI is InChI=1S/C19H15ClFN3O4/c20-12-6-10(15(25)7-16(12)26)18-11-8-24(4-3-14(11)22-23-18)19(28)9-1-2-13(21)17(27)5-9/h1-2,5-7,25-27H,3-4,8H2,(H,22,23). The molecule has 0 aliphatic carbocycles. The van der Waals surface area contributed by atoms with Gasteiger partial charge in [0.2, 0.25) is 0 Å². The lowest BCUT2D eigenvalue weighted by Gasteiger charge is -2.27. The summed E-state index contributed by atoms with van der Waals surface area (Å²) in [5, 5.41) is 36.5. The van der Waals surface area contributed by atoms with Crippen LogP contribution in [0, 0.1) is 5.82 Å². The number of nitrogens with one attached hydrogen (secondary N) is 1.